The molecule has 0 bridgehead atoms. The van der Waals surface area contributed by atoms with E-state index in [0.29, 0.717) is 27.9 Å². The number of anilines is 1. The van der Waals surface area contributed by atoms with Gasteiger partial charge in [0, 0.05) is 24.7 Å². The molecule has 1 atom stereocenters. The number of halogens is 3. The molecule has 0 aliphatic rings. The largest absolute Gasteiger partial charge is 0.416 e. The van der Waals surface area contributed by atoms with Gasteiger partial charge in [0.2, 0.25) is 11.8 Å². The summed E-state index contributed by atoms with van der Waals surface area (Å²) in [5.74, 6) is -1.10. The number of nitrogens with one attached hydrogen (secondary N) is 3. The van der Waals surface area contributed by atoms with Gasteiger partial charge in [-0.3, -0.25) is 14.4 Å². The zero-order valence-electron chi connectivity index (χ0n) is 22.4. The van der Waals surface area contributed by atoms with E-state index >= 15 is 0 Å². The fourth-order valence-electron chi connectivity index (χ4n) is 4.38. The molecule has 3 N–H and O–H groups in total. The van der Waals surface area contributed by atoms with Crippen molar-refractivity contribution in [1.29, 1.82) is 0 Å². The lowest BCUT2D eigenvalue weighted by atomic mass is 9.98. The molecule has 0 aliphatic heterocycles. The van der Waals surface area contributed by atoms with E-state index in [1.54, 1.807) is 60.7 Å². The molecule has 6 nitrogen and oxygen atoms in total. The van der Waals surface area contributed by atoms with Crippen molar-refractivity contribution < 1.29 is 27.6 Å². The Bertz CT molecular complexity index is 1550. The van der Waals surface area contributed by atoms with E-state index in [-0.39, 0.29) is 18.4 Å². The molecule has 0 radical (unpaired) electrons. The monoisotopic (exact) mass is 559 g/mol. The fourth-order valence-corrected chi connectivity index (χ4v) is 4.38. The second kappa shape index (κ2) is 12.5. The van der Waals surface area contributed by atoms with Crippen LogP contribution in [-0.2, 0) is 22.3 Å². The zero-order valence-corrected chi connectivity index (χ0v) is 22.4. The van der Waals surface area contributed by atoms with Crippen LogP contribution in [0.1, 0.15) is 45.6 Å². The second-order valence-electron chi connectivity index (χ2n) is 9.49. The summed E-state index contributed by atoms with van der Waals surface area (Å²) in [4.78, 5) is 37.7. The van der Waals surface area contributed by atoms with Crippen molar-refractivity contribution in [1.82, 2.24) is 10.6 Å². The average molecular weight is 560 g/mol. The third kappa shape index (κ3) is 7.39. The summed E-state index contributed by atoms with van der Waals surface area (Å²) < 4.78 is 38.9. The van der Waals surface area contributed by atoms with Crippen molar-refractivity contribution in [2.45, 2.75) is 32.6 Å². The van der Waals surface area contributed by atoms with E-state index in [2.05, 4.69) is 16.0 Å². The Labute approximate surface area is 235 Å². The molecule has 0 fully saturated rings. The van der Waals surface area contributed by atoms with Gasteiger partial charge in [-0.2, -0.15) is 13.2 Å². The minimum absolute atomic E-state index is 0.202. The van der Waals surface area contributed by atoms with Crippen LogP contribution in [0, 0.1) is 6.92 Å². The van der Waals surface area contributed by atoms with E-state index in [0.717, 1.165) is 23.3 Å². The first kappa shape index (κ1) is 29.1. The number of hydrogen-bond acceptors (Lipinski definition) is 3. The van der Waals surface area contributed by atoms with Crippen LogP contribution in [0.4, 0.5) is 18.9 Å². The Balaban J connectivity index is 1.45. The van der Waals surface area contributed by atoms with Crippen LogP contribution >= 0.6 is 0 Å². The molecule has 0 spiro atoms. The minimum atomic E-state index is -4.45. The molecule has 0 aliphatic carbocycles. The third-order valence-electron chi connectivity index (χ3n) is 6.44. The first-order chi connectivity index (χ1) is 19.5. The maximum absolute atomic E-state index is 13.2. The standard InChI is InChI=1S/C32H28F3N3O3/c1-20-18-22(19-36-31(41)29(37-21(2)39)24-8-4-3-5-9-24)12-17-28(20)38-30(40)27-11-7-6-10-26(27)23-13-15-25(16-14-23)32(33,34)35/h3-18,29H,19H2,1-2H3,(H,36,41)(H,37,39)(H,38,40). The summed E-state index contributed by atoms with van der Waals surface area (Å²) in [6.07, 6.45) is -4.45. The Morgan fingerprint density at radius 1 is 0.829 bits per heavy atom. The summed E-state index contributed by atoms with van der Waals surface area (Å²) in [6.45, 7) is 3.36. The van der Waals surface area contributed by atoms with Gasteiger partial charge in [0.05, 0.1) is 5.56 Å². The highest BCUT2D eigenvalue weighted by Gasteiger charge is 2.30. The maximum Gasteiger partial charge on any atom is 0.416 e. The summed E-state index contributed by atoms with van der Waals surface area (Å²) >= 11 is 0. The molecule has 41 heavy (non-hydrogen) atoms. The van der Waals surface area contributed by atoms with Gasteiger partial charge in [-0.15, -0.1) is 0 Å². The van der Waals surface area contributed by atoms with Gasteiger partial charge in [-0.05, 0) is 59.0 Å². The topological polar surface area (TPSA) is 87.3 Å². The number of amides is 3. The minimum Gasteiger partial charge on any atom is -0.350 e. The highest BCUT2D eigenvalue weighted by Crippen LogP contribution is 2.32. The van der Waals surface area contributed by atoms with Gasteiger partial charge in [-0.25, -0.2) is 0 Å². The SMILES string of the molecule is CC(=O)NC(C(=O)NCc1ccc(NC(=O)c2ccccc2-c2ccc(C(F)(F)F)cc2)c(C)c1)c1ccccc1. The predicted octanol–water partition coefficient (Wildman–Crippen LogP) is 6.43. The third-order valence-corrected chi connectivity index (χ3v) is 6.44. The van der Waals surface area contributed by atoms with E-state index < -0.39 is 23.7 Å². The number of aryl methyl sites for hydroxylation is 1. The Hall–Kier alpha value is -4.92. The first-order valence-corrected chi connectivity index (χ1v) is 12.8. The van der Waals surface area contributed by atoms with Crippen LogP contribution in [0.5, 0.6) is 0 Å². The molecule has 210 valence electrons. The summed E-state index contributed by atoms with van der Waals surface area (Å²) in [5.41, 5.74) is 3.28. The Morgan fingerprint density at radius 3 is 2.12 bits per heavy atom. The number of alkyl halides is 3. The fraction of sp³-hybridized carbons (Fsp3) is 0.156. The molecule has 0 heterocycles. The van der Waals surface area contributed by atoms with Crippen LogP contribution in [-0.4, -0.2) is 17.7 Å². The number of hydrogen-bond donors (Lipinski definition) is 3. The van der Waals surface area contributed by atoms with Gasteiger partial charge in [0.1, 0.15) is 6.04 Å². The van der Waals surface area contributed by atoms with Gasteiger partial charge in [0.15, 0.2) is 0 Å². The molecule has 9 heteroatoms. The highest BCUT2D eigenvalue weighted by atomic mass is 19.4. The van der Waals surface area contributed by atoms with Crippen LogP contribution in [0.2, 0.25) is 0 Å². The molecule has 0 aromatic heterocycles. The molecule has 3 amide bonds. The molecular weight excluding hydrogens is 531 g/mol. The van der Waals surface area contributed by atoms with Crippen molar-refractivity contribution in [2.75, 3.05) is 5.32 Å². The normalized spacial score (nSPS) is 11.8. The lowest BCUT2D eigenvalue weighted by Crippen LogP contribution is -2.39. The quantitative estimate of drug-likeness (QED) is 0.233. The molecular formula is C32H28F3N3O3. The van der Waals surface area contributed by atoms with Crippen molar-refractivity contribution in [3.05, 3.63) is 125 Å². The molecule has 4 rings (SSSR count). The van der Waals surface area contributed by atoms with Gasteiger partial charge in [0.25, 0.3) is 5.91 Å². The summed E-state index contributed by atoms with van der Waals surface area (Å²) in [7, 11) is 0. The molecule has 4 aromatic carbocycles. The van der Waals surface area contributed by atoms with Gasteiger partial charge in [-0.1, -0.05) is 72.8 Å². The number of carbonyl (C=O) groups is 3. The van der Waals surface area contributed by atoms with Crippen LogP contribution in [0.15, 0.2) is 97.1 Å². The van der Waals surface area contributed by atoms with Crippen LogP contribution < -0.4 is 16.0 Å². The second-order valence-corrected chi connectivity index (χ2v) is 9.49. The molecule has 1 unspecified atom stereocenters. The predicted molar refractivity (Wildman–Crippen MR) is 151 cm³/mol. The maximum atomic E-state index is 13.2. The van der Waals surface area contributed by atoms with Crippen LogP contribution in [0.3, 0.4) is 0 Å². The lowest BCUT2D eigenvalue weighted by Gasteiger charge is -2.18. The summed E-state index contributed by atoms with van der Waals surface area (Å²) in [5, 5.41) is 8.38. The van der Waals surface area contributed by atoms with Crippen LogP contribution in [0.25, 0.3) is 11.1 Å². The van der Waals surface area contributed by atoms with Crippen molar-refractivity contribution in [3.8, 4) is 11.1 Å². The number of benzene rings is 4. The van der Waals surface area contributed by atoms with Crippen molar-refractivity contribution in [3.63, 3.8) is 0 Å². The molecule has 0 saturated heterocycles. The molecule has 0 saturated carbocycles. The van der Waals surface area contributed by atoms with Crippen molar-refractivity contribution in [2.24, 2.45) is 0 Å². The lowest BCUT2D eigenvalue weighted by molar-refractivity contribution is -0.137. The summed E-state index contributed by atoms with van der Waals surface area (Å²) in [6, 6.07) is 24.8. The smallest absolute Gasteiger partial charge is 0.350 e. The number of rotatable bonds is 8. The van der Waals surface area contributed by atoms with Gasteiger partial charge >= 0.3 is 6.18 Å². The Morgan fingerprint density at radius 2 is 1.49 bits per heavy atom. The van der Waals surface area contributed by atoms with E-state index in [1.165, 1.54) is 19.1 Å². The van der Waals surface area contributed by atoms with E-state index in [9.17, 15) is 27.6 Å². The average Bonchev–Trinajstić information content (AvgIpc) is 2.96. The Kier molecular flexibility index (Phi) is 8.87. The van der Waals surface area contributed by atoms with E-state index in [4.69, 9.17) is 0 Å². The first-order valence-electron chi connectivity index (χ1n) is 12.8. The van der Waals surface area contributed by atoms with Crippen molar-refractivity contribution >= 4 is 23.4 Å². The number of carbonyl (C=O) groups excluding carboxylic acids is 3. The zero-order chi connectivity index (χ0) is 29.6. The van der Waals surface area contributed by atoms with Gasteiger partial charge < -0.3 is 16.0 Å². The van der Waals surface area contributed by atoms with E-state index in [1.807, 2.05) is 19.1 Å². The highest BCUT2D eigenvalue weighted by molar-refractivity contribution is 6.09. The molecule has 4 aromatic rings.